The van der Waals surface area contributed by atoms with E-state index < -0.39 is 16.7 Å². The average molecular weight is 326 g/mol. The van der Waals surface area contributed by atoms with E-state index >= 15 is 0 Å². The van der Waals surface area contributed by atoms with Crippen molar-refractivity contribution in [2.75, 3.05) is 0 Å². The highest BCUT2D eigenvalue weighted by molar-refractivity contribution is 6.06. The van der Waals surface area contributed by atoms with Gasteiger partial charge in [0.15, 0.2) is 5.65 Å². The van der Waals surface area contributed by atoms with Gasteiger partial charge in [0.2, 0.25) is 0 Å². The van der Waals surface area contributed by atoms with Crippen LogP contribution in [-0.4, -0.2) is 30.8 Å². The van der Waals surface area contributed by atoms with Crippen LogP contribution >= 0.6 is 0 Å². The Balaban J connectivity index is 2.43. The molecule has 0 fully saturated rings. The molecule has 0 radical (unpaired) electrons. The minimum atomic E-state index is -1.26. The fourth-order valence-electron chi connectivity index (χ4n) is 2.53. The highest BCUT2D eigenvalue weighted by Gasteiger charge is 2.30. The van der Waals surface area contributed by atoms with Crippen molar-refractivity contribution in [3.8, 4) is 11.3 Å². The molecule has 0 saturated carbocycles. The number of nitrogens with zero attached hydrogens (tertiary/aromatic N) is 4. The Morgan fingerprint density at radius 3 is 2.50 bits per heavy atom. The predicted molar refractivity (Wildman–Crippen MR) is 87.0 cm³/mol. The molecular weight excluding hydrogens is 312 g/mol. The van der Waals surface area contributed by atoms with Crippen molar-refractivity contribution < 1.29 is 14.8 Å². The average Bonchev–Trinajstić information content (AvgIpc) is 2.94. The monoisotopic (exact) mass is 326 g/mol. The molecule has 0 unspecified atom stereocenters. The summed E-state index contributed by atoms with van der Waals surface area (Å²) < 4.78 is 1.38. The summed E-state index contributed by atoms with van der Waals surface area (Å²) in [4.78, 5) is 26.7. The topological polar surface area (TPSA) is 111 Å². The zero-order chi connectivity index (χ0) is 17.4. The summed E-state index contributed by atoms with van der Waals surface area (Å²) in [6, 6.07) is 10.2. The van der Waals surface area contributed by atoms with Crippen molar-refractivity contribution in [1.29, 1.82) is 0 Å². The maximum Gasteiger partial charge on any atom is 0.400 e. The van der Waals surface area contributed by atoms with E-state index in [2.05, 4.69) is 10.1 Å². The number of nitro groups is 1. The number of aromatic nitrogens is 3. The Kier molecular flexibility index (Phi) is 3.72. The van der Waals surface area contributed by atoms with E-state index in [4.69, 9.17) is 0 Å². The van der Waals surface area contributed by atoms with Gasteiger partial charge in [0.25, 0.3) is 0 Å². The Bertz CT molecular complexity index is 948. The number of rotatable bonds is 4. The molecule has 24 heavy (non-hydrogen) atoms. The Morgan fingerprint density at radius 2 is 1.96 bits per heavy atom. The molecule has 3 rings (SSSR count). The lowest BCUT2D eigenvalue weighted by Crippen LogP contribution is -2.05. The summed E-state index contributed by atoms with van der Waals surface area (Å²) in [5, 5.41) is 24.7. The zero-order valence-electron chi connectivity index (χ0n) is 13.0. The lowest BCUT2D eigenvalue weighted by atomic mass is 10.1. The normalized spacial score (nSPS) is 11.1. The van der Waals surface area contributed by atoms with Crippen molar-refractivity contribution in [2.45, 2.75) is 19.9 Å². The lowest BCUT2D eigenvalue weighted by Gasteiger charge is -2.06. The SMILES string of the molecule is CC(C)n1nc([N+](=O)[O-])c2c(C(=O)O)cc(-c3ccccc3)nc21. The van der Waals surface area contributed by atoms with E-state index in [0.717, 1.165) is 5.56 Å². The molecule has 0 aliphatic carbocycles. The largest absolute Gasteiger partial charge is 0.478 e. The number of hydrogen-bond donors (Lipinski definition) is 1. The number of pyridine rings is 1. The Morgan fingerprint density at radius 1 is 1.29 bits per heavy atom. The van der Waals surface area contributed by atoms with Crippen molar-refractivity contribution >= 4 is 22.8 Å². The number of fused-ring (bicyclic) bond motifs is 1. The highest BCUT2D eigenvalue weighted by atomic mass is 16.6. The van der Waals surface area contributed by atoms with Crippen molar-refractivity contribution in [3.05, 3.63) is 52.1 Å². The van der Waals surface area contributed by atoms with Crippen LogP contribution < -0.4 is 0 Å². The van der Waals surface area contributed by atoms with E-state index in [9.17, 15) is 20.0 Å². The fraction of sp³-hybridized carbons (Fsp3) is 0.188. The summed E-state index contributed by atoms with van der Waals surface area (Å²) in [6.07, 6.45) is 0. The summed E-state index contributed by atoms with van der Waals surface area (Å²) in [6.45, 7) is 3.60. The van der Waals surface area contributed by atoms with Crippen molar-refractivity contribution in [1.82, 2.24) is 14.8 Å². The van der Waals surface area contributed by atoms with Gasteiger partial charge >= 0.3 is 11.8 Å². The van der Waals surface area contributed by atoms with E-state index in [-0.39, 0.29) is 22.6 Å². The van der Waals surface area contributed by atoms with Crippen molar-refractivity contribution in [3.63, 3.8) is 0 Å². The molecule has 0 spiro atoms. The number of carboxylic acids is 1. The second-order valence-corrected chi connectivity index (χ2v) is 5.54. The van der Waals surface area contributed by atoms with Crippen LogP contribution in [0.5, 0.6) is 0 Å². The van der Waals surface area contributed by atoms with E-state index in [1.54, 1.807) is 26.0 Å². The predicted octanol–water partition coefficient (Wildman–Crippen LogP) is 3.29. The molecule has 0 bridgehead atoms. The van der Waals surface area contributed by atoms with Gasteiger partial charge in [-0.25, -0.2) is 9.78 Å². The first kappa shape index (κ1) is 15.6. The summed E-state index contributed by atoms with van der Waals surface area (Å²) in [5.74, 6) is -1.76. The van der Waals surface area contributed by atoms with Gasteiger partial charge < -0.3 is 15.2 Å². The maximum absolute atomic E-state index is 11.7. The molecule has 8 nitrogen and oxygen atoms in total. The summed E-state index contributed by atoms with van der Waals surface area (Å²) in [5.41, 5.74) is 1.16. The number of carbonyl (C=O) groups is 1. The molecule has 1 aromatic carbocycles. The maximum atomic E-state index is 11.7. The molecule has 0 aliphatic heterocycles. The fourth-order valence-corrected chi connectivity index (χ4v) is 2.53. The first-order valence-corrected chi connectivity index (χ1v) is 7.26. The van der Waals surface area contributed by atoms with Crippen LogP contribution in [0.2, 0.25) is 0 Å². The third-order valence-corrected chi connectivity index (χ3v) is 3.61. The lowest BCUT2D eigenvalue weighted by molar-refractivity contribution is -0.388. The highest BCUT2D eigenvalue weighted by Crippen LogP contribution is 2.32. The molecule has 0 amide bonds. The van der Waals surface area contributed by atoms with Gasteiger partial charge in [-0.05, 0) is 24.8 Å². The van der Waals surface area contributed by atoms with Gasteiger partial charge in [0.05, 0.1) is 22.4 Å². The summed E-state index contributed by atoms with van der Waals surface area (Å²) in [7, 11) is 0. The van der Waals surface area contributed by atoms with Crippen LogP contribution in [0.3, 0.4) is 0 Å². The molecule has 8 heteroatoms. The minimum Gasteiger partial charge on any atom is -0.478 e. The molecule has 122 valence electrons. The third kappa shape index (κ3) is 2.47. The quantitative estimate of drug-likeness (QED) is 0.581. The van der Waals surface area contributed by atoms with Gasteiger partial charge in [-0.1, -0.05) is 30.3 Å². The van der Waals surface area contributed by atoms with Gasteiger partial charge in [-0.2, -0.15) is 4.68 Å². The van der Waals surface area contributed by atoms with Crippen LogP contribution in [-0.2, 0) is 0 Å². The standard InChI is InChI=1S/C16H14N4O4/c1-9(2)19-14-13(15(18-19)20(23)24)11(16(21)22)8-12(17-14)10-6-4-3-5-7-10/h3-9H,1-2H3,(H,21,22). The number of carboxylic acid groups (broad SMARTS) is 1. The number of aromatic carboxylic acids is 1. The van der Waals surface area contributed by atoms with Crippen LogP contribution in [0.25, 0.3) is 22.3 Å². The van der Waals surface area contributed by atoms with Gasteiger partial charge in [-0.3, -0.25) is 0 Å². The molecule has 2 heterocycles. The molecule has 0 aliphatic rings. The first-order chi connectivity index (χ1) is 11.4. The van der Waals surface area contributed by atoms with Gasteiger partial charge in [0.1, 0.15) is 5.39 Å². The number of hydrogen-bond acceptors (Lipinski definition) is 5. The first-order valence-electron chi connectivity index (χ1n) is 7.26. The second-order valence-electron chi connectivity index (χ2n) is 5.54. The molecule has 1 N–H and O–H groups in total. The van der Waals surface area contributed by atoms with Gasteiger partial charge in [-0.15, -0.1) is 0 Å². The third-order valence-electron chi connectivity index (χ3n) is 3.61. The minimum absolute atomic E-state index is 0.0547. The van der Waals surface area contributed by atoms with E-state index in [1.807, 2.05) is 18.2 Å². The van der Waals surface area contributed by atoms with Crippen molar-refractivity contribution in [2.24, 2.45) is 0 Å². The molecular formula is C16H14N4O4. The smallest absolute Gasteiger partial charge is 0.400 e. The summed E-state index contributed by atoms with van der Waals surface area (Å²) >= 11 is 0. The second kappa shape index (κ2) is 5.73. The van der Waals surface area contributed by atoms with Crippen LogP contribution in [0.15, 0.2) is 36.4 Å². The van der Waals surface area contributed by atoms with Gasteiger partial charge in [0, 0.05) is 5.56 Å². The molecule has 0 atom stereocenters. The van der Waals surface area contributed by atoms with Crippen LogP contribution in [0.4, 0.5) is 5.82 Å². The Hall–Kier alpha value is -3.29. The van der Waals surface area contributed by atoms with E-state index in [0.29, 0.717) is 5.69 Å². The zero-order valence-corrected chi connectivity index (χ0v) is 13.0. The molecule has 2 aromatic heterocycles. The van der Waals surface area contributed by atoms with Crippen LogP contribution in [0.1, 0.15) is 30.2 Å². The van der Waals surface area contributed by atoms with E-state index in [1.165, 1.54) is 10.7 Å². The Labute approximate surface area is 136 Å². The van der Waals surface area contributed by atoms with Crippen LogP contribution in [0, 0.1) is 10.1 Å². The molecule has 0 saturated heterocycles. The number of benzene rings is 1. The molecule has 3 aromatic rings.